The lowest BCUT2D eigenvalue weighted by Crippen LogP contribution is -2.36. The van der Waals surface area contributed by atoms with Crippen LogP contribution in [0.3, 0.4) is 0 Å². The van der Waals surface area contributed by atoms with Gasteiger partial charge in [0.15, 0.2) is 5.13 Å². The van der Waals surface area contributed by atoms with Gasteiger partial charge >= 0.3 is 0 Å². The number of nitro groups is 1. The third kappa shape index (κ3) is 5.15. The Morgan fingerprint density at radius 3 is 2.89 bits per heavy atom. The van der Waals surface area contributed by atoms with Crippen LogP contribution in [0.4, 0.5) is 16.5 Å². The monoisotopic (exact) mass is 409 g/mol. The van der Waals surface area contributed by atoms with Crippen molar-refractivity contribution >= 4 is 45.4 Å². The molecule has 0 unspecified atom stereocenters. The molecule has 144 valence electrons. The maximum atomic E-state index is 12.4. The second-order valence-electron chi connectivity index (χ2n) is 6.35. The second-order valence-corrected chi connectivity index (χ2v) is 7.63. The third-order valence-corrected chi connectivity index (χ3v) is 5.52. The van der Waals surface area contributed by atoms with E-state index in [0.29, 0.717) is 0 Å². The molecule has 1 aliphatic rings. The first-order valence-corrected chi connectivity index (χ1v) is 9.81. The van der Waals surface area contributed by atoms with E-state index in [1.54, 1.807) is 11.3 Å². The van der Waals surface area contributed by atoms with Crippen molar-refractivity contribution in [3.8, 4) is 0 Å². The molecule has 1 aromatic carbocycles. The van der Waals surface area contributed by atoms with Crippen molar-refractivity contribution in [1.29, 1.82) is 0 Å². The number of hydrogen-bond acceptors (Lipinski definition) is 7. The van der Waals surface area contributed by atoms with Crippen molar-refractivity contribution in [2.45, 2.75) is 13.3 Å². The Bertz CT molecular complexity index is 844. The summed E-state index contributed by atoms with van der Waals surface area (Å²) < 4.78 is 0. The van der Waals surface area contributed by atoms with E-state index < -0.39 is 4.92 Å². The number of halogens is 1. The average molecular weight is 410 g/mol. The number of carbonyl (C=O) groups excluding carboxylic acids is 1. The highest BCUT2D eigenvalue weighted by molar-refractivity contribution is 7.13. The van der Waals surface area contributed by atoms with Crippen LogP contribution in [0.15, 0.2) is 23.6 Å². The van der Waals surface area contributed by atoms with Gasteiger partial charge in [0, 0.05) is 42.6 Å². The molecule has 2 aromatic rings. The number of hydrogen-bond donors (Lipinski definition) is 1. The van der Waals surface area contributed by atoms with E-state index in [9.17, 15) is 14.9 Å². The Labute approximate surface area is 165 Å². The first-order chi connectivity index (χ1) is 12.9. The minimum atomic E-state index is -0.554. The van der Waals surface area contributed by atoms with E-state index in [-0.39, 0.29) is 28.8 Å². The number of aromatic nitrogens is 1. The number of rotatable bonds is 5. The summed E-state index contributed by atoms with van der Waals surface area (Å²) in [5, 5.41) is 17.1. The lowest BCUT2D eigenvalue weighted by molar-refractivity contribution is -0.383. The predicted molar refractivity (Wildman–Crippen MR) is 107 cm³/mol. The lowest BCUT2D eigenvalue weighted by Gasteiger charge is -2.21. The Hall–Kier alpha value is -2.23. The molecule has 3 rings (SSSR count). The van der Waals surface area contributed by atoms with Crippen molar-refractivity contribution < 1.29 is 9.72 Å². The second kappa shape index (κ2) is 8.64. The number of nitro benzene ring substituents is 1. The smallest absolute Gasteiger partial charge is 0.294 e. The summed E-state index contributed by atoms with van der Waals surface area (Å²) in [7, 11) is 0. The fourth-order valence-corrected chi connectivity index (χ4v) is 3.98. The Morgan fingerprint density at radius 2 is 2.19 bits per heavy atom. The Kier molecular flexibility index (Phi) is 6.25. The fourth-order valence-electron chi connectivity index (χ4n) is 2.96. The number of benzene rings is 1. The van der Waals surface area contributed by atoms with Gasteiger partial charge in [-0.05, 0) is 25.5 Å². The molecule has 0 spiro atoms. The van der Waals surface area contributed by atoms with Gasteiger partial charge in [-0.3, -0.25) is 19.8 Å². The number of nitrogens with zero attached hydrogens (tertiary/aromatic N) is 4. The van der Waals surface area contributed by atoms with Gasteiger partial charge < -0.3 is 10.2 Å². The van der Waals surface area contributed by atoms with Crippen LogP contribution in [0.25, 0.3) is 0 Å². The Morgan fingerprint density at radius 1 is 1.37 bits per heavy atom. The summed E-state index contributed by atoms with van der Waals surface area (Å²) in [6.45, 7) is 5.37. The van der Waals surface area contributed by atoms with Crippen LogP contribution in [-0.2, 0) is 4.79 Å². The van der Waals surface area contributed by atoms with Crippen molar-refractivity contribution in [3.05, 3.63) is 44.4 Å². The van der Waals surface area contributed by atoms with Crippen molar-refractivity contribution in [2.75, 3.05) is 42.9 Å². The molecular weight excluding hydrogens is 390 g/mol. The van der Waals surface area contributed by atoms with Crippen LogP contribution in [0.5, 0.6) is 0 Å². The SMILES string of the molecule is Cc1csc(N2CCCN(CC(=O)Nc3ccc(Cl)cc3[N+](=O)[O-])CC2)n1. The first-order valence-electron chi connectivity index (χ1n) is 8.55. The van der Waals surface area contributed by atoms with Crippen LogP contribution < -0.4 is 10.2 Å². The summed E-state index contributed by atoms with van der Waals surface area (Å²) in [5.41, 5.74) is 0.959. The summed E-state index contributed by atoms with van der Waals surface area (Å²) in [6.07, 6.45) is 0.924. The van der Waals surface area contributed by atoms with Crippen molar-refractivity contribution in [3.63, 3.8) is 0 Å². The van der Waals surface area contributed by atoms with Gasteiger partial charge in [0.2, 0.25) is 5.91 Å². The molecule has 1 saturated heterocycles. The van der Waals surface area contributed by atoms with Gasteiger partial charge in [0.1, 0.15) is 5.69 Å². The third-order valence-electron chi connectivity index (χ3n) is 4.26. The van der Waals surface area contributed by atoms with Crippen LogP contribution >= 0.6 is 22.9 Å². The quantitative estimate of drug-likeness (QED) is 0.602. The van der Waals surface area contributed by atoms with Crippen LogP contribution in [0.1, 0.15) is 12.1 Å². The van der Waals surface area contributed by atoms with E-state index >= 15 is 0 Å². The maximum absolute atomic E-state index is 12.4. The highest BCUT2D eigenvalue weighted by Gasteiger charge is 2.21. The maximum Gasteiger partial charge on any atom is 0.294 e. The number of nitrogens with one attached hydrogen (secondary N) is 1. The zero-order chi connectivity index (χ0) is 19.4. The molecule has 27 heavy (non-hydrogen) atoms. The topological polar surface area (TPSA) is 91.6 Å². The molecule has 8 nitrogen and oxygen atoms in total. The molecule has 1 aliphatic heterocycles. The minimum Gasteiger partial charge on any atom is -0.347 e. The van der Waals surface area contributed by atoms with Crippen LogP contribution in [0.2, 0.25) is 5.02 Å². The van der Waals surface area contributed by atoms with Gasteiger partial charge in [-0.25, -0.2) is 4.98 Å². The lowest BCUT2D eigenvalue weighted by atomic mass is 10.2. The van der Waals surface area contributed by atoms with Crippen molar-refractivity contribution in [2.24, 2.45) is 0 Å². The van der Waals surface area contributed by atoms with Crippen molar-refractivity contribution in [1.82, 2.24) is 9.88 Å². The molecule has 0 aliphatic carbocycles. The van der Waals surface area contributed by atoms with Gasteiger partial charge in [0.05, 0.1) is 17.2 Å². The number of thiazole rings is 1. The van der Waals surface area contributed by atoms with E-state index in [1.165, 1.54) is 18.2 Å². The zero-order valence-corrected chi connectivity index (χ0v) is 16.4. The molecule has 10 heteroatoms. The highest BCUT2D eigenvalue weighted by Crippen LogP contribution is 2.27. The molecule has 0 atom stereocenters. The number of aryl methyl sites for hydroxylation is 1. The standard InChI is InChI=1S/C17H20ClN5O3S/c1-12-11-27-17(19-12)22-6-2-5-21(7-8-22)10-16(24)20-14-4-3-13(18)9-15(14)23(25)26/h3-4,9,11H,2,5-8,10H2,1H3,(H,20,24). The molecule has 0 radical (unpaired) electrons. The largest absolute Gasteiger partial charge is 0.347 e. The molecule has 1 aromatic heterocycles. The predicted octanol–water partition coefficient (Wildman–Crippen LogP) is 3.16. The molecule has 0 bridgehead atoms. The highest BCUT2D eigenvalue weighted by atomic mass is 35.5. The van der Waals surface area contributed by atoms with E-state index in [1.807, 2.05) is 12.3 Å². The minimum absolute atomic E-state index is 0.157. The average Bonchev–Trinajstić information content (AvgIpc) is 2.91. The molecule has 1 fully saturated rings. The first kappa shape index (κ1) is 19.5. The van der Waals surface area contributed by atoms with Crippen LogP contribution in [-0.4, -0.2) is 53.4 Å². The van der Waals surface area contributed by atoms with Gasteiger partial charge in [-0.15, -0.1) is 11.3 Å². The molecular formula is C17H20ClN5O3S. The number of amides is 1. The summed E-state index contributed by atoms with van der Waals surface area (Å²) in [5.74, 6) is -0.279. The fraction of sp³-hybridized carbons (Fsp3) is 0.412. The normalized spacial score (nSPS) is 15.4. The van der Waals surface area contributed by atoms with Gasteiger partial charge in [-0.2, -0.15) is 0 Å². The van der Waals surface area contributed by atoms with Crippen LogP contribution in [0, 0.1) is 17.0 Å². The van der Waals surface area contributed by atoms with E-state index in [4.69, 9.17) is 11.6 Å². The number of carbonyl (C=O) groups is 1. The molecule has 2 heterocycles. The molecule has 0 saturated carbocycles. The number of anilines is 2. The van der Waals surface area contributed by atoms with Gasteiger partial charge in [-0.1, -0.05) is 11.6 Å². The molecule has 1 amide bonds. The Balaban J connectivity index is 1.58. The summed E-state index contributed by atoms with van der Waals surface area (Å²) in [4.78, 5) is 31.8. The van der Waals surface area contributed by atoms with E-state index in [2.05, 4.69) is 20.1 Å². The summed E-state index contributed by atoms with van der Waals surface area (Å²) in [6, 6.07) is 4.20. The van der Waals surface area contributed by atoms with Gasteiger partial charge in [0.25, 0.3) is 5.69 Å². The van der Waals surface area contributed by atoms with E-state index in [0.717, 1.165) is 43.4 Å². The summed E-state index contributed by atoms with van der Waals surface area (Å²) >= 11 is 7.43. The zero-order valence-electron chi connectivity index (χ0n) is 14.9. The molecule has 1 N–H and O–H groups in total.